The molecule has 2 heterocycles. The minimum atomic E-state index is -1.22. The molecule has 0 radical (unpaired) electrons. The monoisotopic (exact) mass is 931 g/mol. The summed E-state index contributed by atoms with van der Waals surface area (Å²) in [7, 11) is 0. The Labute approximate surface area is 391 Å². The number of carbonyl (C=O) groups excluding carboxylic acids is 9. The summed E-state index contributed by atoms with van der Waals surface area (Å²) in [6.45, 7) is -1.28. The van der Waals surface area contributed by atoms with Crippen LogP contribution in [-0.4, -0.2) is 125 Å². The SMILES string of the molecule is O=C(CNC(=O)[C@H](Cc1ccc(O)cc1)NC(=O)CNC(=O)OCc1ccccc1)NCC(=O)N1CCC[C@H]1C(=O)N[C@@H](Cc1ccccc1)C(=O)N1CCC[C@H]1C(=O)OC(=O)c1ccccc1. The van der Waals surface area contributed by atoms with E-state index >= 15 is 0 Å². The van der Waals surface area contributed by atoms with Crippen LogP contribution in [0.4, 0.5) is 4.79 Å². The molecule has 0 saturated carbocycles. The van der Waals surface area contributed by atoms with Gasteiger partial charge < -0.3 is 51.0 Å². The van der Waals surface area contributed by atoms with Gasteiger partial charge in [-0.15, -0.1) is 0 Å². The molecule has 0 aliphatic carbocycles. The molecule has 0 unspecified atom stereocenters. The Morgan fingerprint density at radius 2 is 1.16 bits per heavy atom. The topological polar surface area (TPSA) is 259 Å². The number of benzene rings is 4. The average Bonchev–Trinajstić information content (AvgIpc) is 4.06. The number of ether oxygens (including phenoxy) is 2. The molecule has 19 heteroatoms. The van der Waals surface area contributed by atoms with Crippen molar-refractivity contribution in [2.75, 3.05) is 32.7 Å². The summed E-state index contributed by atoms with van der Waals surface area (Å²) in [5.41, 5.74) is 2.20. The largest absolute Gasteiger partial charge is 0.508 e. The van der Waals surface area contributed by atoms with Gasteiger partial charge in [-0.2, -0.15) is 0 Å². The highest BCUT2D eigenvalue weighted by Crippen LogP contribution is 2.23. The van der Waals surface area contributed by atoms with E-state index in [4.69, 9.17) is 9.47 Å². The summed E-state index contributed by atoms with van der Waals surface area (Å²) in [5, 5.41) is 22.3. The highest BCUT2D eigenvalue weighted by Gasteiger charge is 2.41. The Morgan fingerprint density at radius 1 is 0.588 bits per heavy atom. The highest BCUT2D eigenvalue weighted by atomic mass is 16.6. The summed E-state index contributed by atoms with van der Waals surface area (Å²) < 4.78 is 10.3. The van der Waals surface area contributed by atoms with Gasteiger partial charge in [0.15, 0.2) is 0 Å². The fourth-order valence-electron chi connectivity index (χ4n) is 7.80. The van der Waals surface area contributed by atoms with Crippen LogP contribution in [-0.2, 0) is 62.5 Å². The summed E-state index contributed by atoms with van der Waals surface area (Å²) in [4.78, 5) is 122. The van der Waals surface area contributed by atoms with Crippen molar-refractivity contribution < 1.29 is 57.7 Å². The maximum atomic E-state index is 14.2. The van der Waals surface area contributed by atoms with E-state index in [2.05, 4.69) is 26.6 Å². The van der Waals surface area contributed by atoms with Crippen LogP contribution in [0.15, 0.2) is 115 Å². The van der Waals surface area contributed by atoms with Gasteiger partial charge in [0.1, 0.15) is 43.1 Å². The number of nitrogens with zero attached hydrogens (tertiary/aromatic N) is 2. The van der Waals surface area contributed by atoms with Crippen molar-refractivity contribution in [1.29, 1.82) is 0 Å². The Hall–Kier alpha value is -8.09. The minimum Gasteiger partial charge on any atom is -0.508 e. The van der Waals surface area contributed by atoms with Gasteiger partial charge in [0.25, 0.3) is 0 Å². The molecule has 4 aromatic rings. The smallest absolute Gasteiger partial charge is 0.407 e. The van der Waals surface area contributed by atoms with E-state index < -0.39 is 97.3 Å². The molecule has 0 spiro atoms. The lowest BCUT2D eigenvalue weighted by atomic mass is 10.0. The number of aromatic hydroxyl groups is 1. The molecule has 4 atom stereocenters. The van der Waals surface area contributed by atoms with Crippen LogP contribution in [0.5, 0.6) is 5.75 Å². The first kappa shape index (κ1) is 49.3. The molecule has 68 heavy (non-hydrogen) atoms. The van der Waals surface area contributed by atoms with E-state index in [1.54, 1.807) is 84.9 Å². The van der Waals surface area contributed by atoms with Gasteiger partial charge in [0, 0.05) is 25.9 Å². The molecule has 2 fully saturated rings. The van der Waals surface area contributed by atoms with E-state index in [0.717, 1.165) is 11.1 Å². The lowest BCUT2D eigenvalue weighted by molar-refractivity contribution is -0.150. The third-order valence-corrected chi connectivity index (χ3v) is 11.3. The van der Waals surface area contributed by atoms with Crippen LogP contribution < -0.4 is 26.6 Å². The van der Waals surface area contributed by atoms with E-state index in [-0.39, 0.29) is 56.7 Å². The predicted molar refractivity (Wildman–Crippen MR) is 243 cm³/mol. The maximum absolute atomic E-state index is 14.2. The standard InChI is InChI=1S/C49H53N7O12/c57-36-22-20-33(21-23-36)26-37(53-42(59)29-52-49(66)67-31-34-14-6-2-7-15-34)44(61)51-28-41(58)50-30-43(60)55-24-10-18-39(55)45(62)54-38(27-32-12-4-1-5-13-32)46(63)56-25-11-19-40(56)48(65)68-47(64)35-16-8-3-9-17-35/h1-9,12-17,20-23,37-40,57H,10-11,18-19,24-31H2,(H,50,58)(H,51,61)(H,52,66)(H,53,59)(H,54,62)/t37-,38-,39-,40-/m0/s1. The van der Waals surface area contributed by atoms with Gasteiger partial charge in [-0.1, -0.05) is 91.0 Å². The van der Waals surface area contributed by atoms with Crippen molar-refractivity contribution in [1.82, 2.24) is 36.4 Å². The number of hydrogen-bond acceptors (Lipinski definition) is 12. The summed E-state index contributed by atoms with van der Waals surface area (Å²) in [6.07, 6.45) is 0.601. The number of hydrogen-bond donors (Lipinski definition) is 6. The van der Waals surface area contributed by atoms with Gasteiger partial charge in [-0.05, 0) is 66.6 Å². The predicted octanol–water partition coefficient (Wildman–Crippen LogP) is 1.67. The van der Waals surface area contributed by atoms with Crippen molar-refractivity contribution in [3.63, 3.8) is 0 Å². The first-order valence-corrected chi connectivity index (χ1v) is 22.2. The highest BCUT2D eigenvalue weighted by molar-refractivity contribution is 6.00. The fraction of sp³-hybridized carbons (Fsp3) is 0.327. The Kier molecular flexibility index (Phi) is 17.7. The molecule has 0 aromatic heterocycles. The summed E-state index contributed by atoms with van der Waals surface area (Å²) in [6, 6.07) is 27.3. The van der Waals surface area contributed by atoms with E-state index in [0.29, 0.717) is 18.4 Å². The maximum Gasteiger partial charge on any atom is 0.407 e. The zero-order valence-corrected chi connectivity index (χ0v) is 37.1. The molecular weight excluding hydrogens is 879 g/mol. The summed E-state index contributed by atoms with van der Waals surface area (Å²) in [5.74, 6) is -5.74. The van der Waals surface area contributed by atoms with Gasteiger partial charge in [0.05, 0.1) is 18.7 Å². The van der Waals surface area contributed by atoms with Gasteiger partial charge in [0.2, 0.25) is 35.4 Å². The number of phenols is 1. The number of esters is 2. The van der Waals surface area contributed by atoms with Gasteiger partial charge >= 0.3 is 18.0 Å². The second-order valence-corrected chi connectivity index (χ2v) is 16.2. The number of likely N-dealkylation sites (tertiary alicyclic amines) is 2. The lowest BCUT2D eigenvalue weighted by Gasteiger charge is -2.30. The molecule has 4 aromatic carbocycles. The number of rotatable bonds is 19. The molecule has 2 aliphatic rings. The van der Waals surface area contributed by atoms with Crippen molar-refractivity contribution in [3.05, 3.63) is 138 Å². The second kappa shape index (κ2) is 24.4. The molecule has 6 rings (SSSR count). The first-order chi connectivity index (χ1) is 32.8. The minimum absolute atomic E-state index is 0.0157. The molecular formula is C49H53N7O12. The van der Waals surface area contributed by atoms with Crippen molar-refractivity contribution in [3.8, 4) is 5.75 Å². The quantitative estimate of drug-likeness (QED) is 0.0580. The second-order valence-electron chi connectivity index (χ2n) is 16.2. The van der Waals surface area contributed by atoms with Crippen LogP contribution in [0.3, 0.4) is 0 Å². The van der Waals surface area contributed by atoms with E-state index in [1.807, 2.05) is 6.07 Å². The van der Waals surface area contributed by atoms with Gasteiger partial charge in [-0.25, -0.2) is 14.4 Å². The number of phenolic OH excluding ortho intramolecular Hbond substituents is 1. The zero-order valence-electron chi connectivity index (χ0n) is 37.1. The molecule has 19 nitrogen and oxygen atoms in total. The Bertz CT molecular complexity index is 2420. The number of carbonyl (C=O) groups is 9. The van der Waals surface area contributed by atoms with Crippen molar-refractivity contribution in [2.45, 2.75) is 69.3 Å². The lowest BCUT2D eigenvalue weighted by Crippen LogP contribution is -2.57. The van der Waals surface area contributed by atoms with Crippen molar-refractivity contribution in [2.24, 2.45) is 0 Å². The third kappa shape index (κ3) is 14.5. The molecule has 2 aliphatic heterocycles. The molecule has 6 N–H and O–H groups in total. The Morgan fingerprint density at radius 3 is 1.84 bits per heavy atom. The number of nitrogens with one attached hydrogen (secondary N) is 5. The Balaban J connectivity index is 1.01. The third-order valence-electron chi connectivity index (χ3n) is 11.3. The van der Waals surface area contributed by atoms with E-state index in [9.17, 15) is 48.3 Å². The van der Waals surface area contributed by atoms with Crippen LogP contribution in [0.25, 0.3) is 0 Å². The number of alkyl carbamates (subject to hydrolysis) is 1. The summed E-state index contributed by atoms with van der Waals surface area (Å²) >= 11 is 0. The normalized spacial score (nSPS) is 16.1. The van der Waals surface area contributed by atoms with Crippen molar-refractivity contribution >= 4 is 53.5 Å². The number of amides is 7. The molecule has 7 amide bonds. The van der Waals surface area contributed by atoms with Crippen LogP contribution in [0.1, 0.15) is 52.7 Å². The molecule has 2 saturated heterocycles. The van der Waals surface area contributed by atoms with Crippen LogP contribution in [0, 0.1) is 0 Å². The zero-order chi connectivity index (χ0) is 48.4. The molecule has 0 bridgehead atoms. The average molecular weight is 932 g/mol. The fourth-order valence-corrected chi connectivity index (χ4v) is 7.80. The van der Waals surface area contributed by atoms with Crippen LogP contribution >= 0.6 is 0 Å². The molecule has 356 valence electrons. The van der Waals surface area contributed by atoms with Crippen LogP contribution in [0.2, 0.25) is 0 Å². The van der Waals surface area contributed by atoms with Gasteiger partial charge in [-0.3, -0.25) is 28.8 Å². The first-order valence-electron chi connectivity index (χ1n) is 22.2. The van der Waals surface area contributed by atoms with E-state index in [1.165, 1.54) is 34.1 Å².